The van der Waals surface area contributed by atoms with Gasteiger partial charge in [0.2, 0.25) is 11.8 Å². The molecule has 5 nitrogen and oxygen atoms in total. The normalized spacial score (nSPS) is 40.2. The average Bonchev–Trinajstić information content (AvgIpc) is 3.26. The van der Waals surface area contributed by atoms with Crippen LogP contribution in [0.4, 0.5) is 0 Å². The molecule has 0 amide bonds. The highest BCUT2D eigenvalue weighted by Gasteiger charge is 2.54. The summed E-state index contributed by atoms with van der Waals surface area (Å²) in [5.41, 5.74) is 0.233. The molecular weight excluding hydrogens is 314 g/mol. The number of rotatable bonds is 4. The van der Waals surface area contributed by atoms with E-state index in [0.29, 0.717) is 5.92 Å². The molecule has 134 valence electrons. The molecule has 5 heteroatoms. The van der Waals surface area contributed by atoms with Gasteiger partial charge in [0, 0.05) is 11.3 Å². The van der Waals surface area contributed by atoms with Crippen molar-refractivity contribution >= 4 is 0 Å². The Morgan fingerprint density at radius 1 is 1.00 bits per heavy atom. The van der Waals surface area contributed by atoms with E-state index in [0.717, 1.165) is 67.8 Å². The smallest absolute Gasteiger partial charge is 0.222 e. The Labute approximate surface area is 148 Å². The van der Waals surface area contributed by atoms with Crippen LogP contribution in [0.1, 0.15) is 69.1 Å². The molecule has 6 aliphatic rings. The number of ether oxygens (including phenoxy) is 1. The van der Waals surface area contributed by atoms with Crippen LogP contribution in [0.5, 0.6) is 0 Å². The zero-order valence-corrected chi connectivity index (χ0v) is 14.8. The fourth-order valence-corrected chi connectivity index (χ4v) is 6.66. The number of likely N-dealkylation sites (tertiary alicyclic amines) is 1. The molecule has 25 heavy (non-hydrogen) atoms. The third-order valence-corrected chi connectivity index (χ3v) is 7.53. The van der Waals surface area contributed by atoms with E-state index in [4.69, 9.17) is 9.15 Å². The minimum absolute atomic E-state index is 0.233. The molecule has 4 saturated carbocycles. The van der Waals surface area contributed by atoms with Crippen molar-refractivity contribution in [2.24, 2.45) is 17.8 Å². The highest BCUT2D eigenvalue weighted by molar-refractivity contribution is 5.15. The van der Waals surface area contributed by atoms with Gasteiger partial charge in [0.05, 0.1) is 6.54 Å². The van der Waals surface area contributed by atoms with Gasteiger partial charge in [-0.15, -0.1) is 10.2 Å². The Hall–Kier alpha value is -1.36. The number of nitrogens with zero attached hydrogens (tertiary/aromatic N) is 3. The van der Waals surface area contributed by atoms with Gasteiger partial charge in [0.25, 0.3) is 0 Å². The molecule has 0 spiro atoms. The van der Waals surface area contributed by atoms with Crippen molar-refractivity contribution < 1.29 is 9.15 Å². The average molecular weight is 341 g/mol. The SMILES string of the molecule is C1=C(CN2CCC(c3nnc(C45CC6CC(CC(C6)C4)C5)o3)CC2)O1. The molecule has 0 radical (unpaired) electrons. The van der Waals surface area contributed by atoms with Gasteiger partial charge in [-0.3, -0.25) is 4.90 Å². The van der Waals surface area contributed by atoms with E-state index in [-0.39, 0.29) is 5.41 Å². The summed E-state index contributed by atoms with van der Waals surface area (Å²) in [6.07, 6.45) is 12.4. The van der Waals surface area contributed by atoms with Crippen molar-refractivity contribution in [1.29, 1.82) is 0 Å². The van der Waals surface area contributed by atoms with Crippen molar-refractivity contribution in [3.63, 3.8) is 0 Å². The first kappa shape index (κ1) is 14.8. The van der Waals surface area contributed by atoms with E-state index < -0.39 is 0 Å². The van der Waals surface area contributed by atoms with Crippen LogP contribution in [-0.4, -0.2) is 34.7 Å². The molecule has 5 fully saturated rings. The first-order valence-corrected chi connectivity index (χ1v) is 10.2. The molecule has 4 bridgehead atoms. The molecule has 1 aromatic heterocycles. The summed E-state index contributed by atoms with van der Waals surface area (Å²) >= 11 is 0. The molecule has 1 aromatic rings. The van der Waals surface area contributed by atoms with Crippen LogP contribution in [0, 0.1) is 17.8 Å². The topological polar surface area (TPSA) is 54.7 Å². The van der Waals surface area contributed by atoms with Gasteiger partial charge in [0.1, 0.15) is 6.26 Å². The molecule has 3 heterocycles. The molecule has 7 rings (SSSR count). The molecule has 0 unspecified atom stereocenters. The van der Waals surface area contributed by atoms with Crippen molar-refractivity contribution in [3.8, 4) is 0 Å². The van der Waals surface area contributed by atoms with E-state index in [1.165, 1.54) is 38.5 Å². The summed E-state index contributed by atoms with van der Waals surface area (Å²) in [6, 6.07) is 0. The summed E-state index contributed by atoms with van der Waals surface area (Å²) in [7, 11) is 0. The van der Waals surface area contributed by atoms with E-state index >= 15 is 0 Å². The fraction of sp³-hybridized carbons (Fsp3) is 0.800. The third-order valence-electron chi connectivity index (χ3n) is 7.53. The molecule has 0 aromatic carbocycles. The van der Waals surface area contributed by atoms with Gasteiger partial charge in [-0.25, -0.2) is 0 Å². The highest BCUT2D eigenvalue weighted by atomic mass is 16.5. The van der Waals surface area contributed by atoms with E-state index in [9.17, 15) is 0 Å². The molecule has 1 saturated heterocycles. The lowest BCUT2D eigenvalue weighted by Gasteiger charge is -2.55. The quantitative estimate of drug-likeness (QED) is 0.838. The van der Waals surface area contributed by atoms with Crippen molar-refractivity contribution in [2.45, 2.75) is 62.7 Å². The van der Waals surface area contributed by atoms with E-state index in [2.05, 4.69) is 15.1 Å². The second-order valence-corrected chi connectivity index (χ2v) is 9.40. The summed E-state index contributed by atoms with van der Waals surface area (Å²) < 4.78 is 11.5. The first-order chi connectivity index (χ1) is 12.3. The Bertz CT molecular complexity index is 666. The fourth-order valence-electron chi connectivity index (χ4n) is 6.66. The predicted octanol–water partition coefficient (Wildman–Crippen LogP) is 3.59. The van der Waals surface area contributed by atoms with Crippen LogP contribution < -0.4 is 0 Å². The summed E-state index contributed by atoms with van der Waals surface area (Å²) in [6.45, 7) is 3.16. The van der Waals surface area contributed by atoms with Crippen LogP contribution in [0.3, 0.4) is 0 Å². The number of hydrogen-bond acceptors (Lipinski definition) is 5. The van der Waals surface area contributed by atoms with Gasteiger partial charge in [-0.05, 0) is 82.2 Å². The Kier molecular flexibility index (Phi) is 3.14. The summed E-state index contributed by atoms with van der Waals surface area (Å²) in [5.74, 6) is 6.23. The van der Waals surface area contributed by atoms with Gasteiger partial charge >= 0.3 is 0 Å². The lowest BCUT2D eigenvalue weighted by Crippen LogP contribution is -2.48. The zero-order chi connectivity index (χ0) is 16.4. The molecular formula is C20H27N3O2. The van der Waals surface area contributed by atoms with Crippen molar-refractivity contribution in [3.05, 3.63) is 23.8 Å². The van der Waals surface area contributed by atoms with Gasteiger partial charge in [-0.2, -0.15) is 0 Å². The summed E-state index contributed by atoms with van der Waals surface area (Å²) in [4.78, 5) is 2.46. The number of hydrogen-bond donors (Lipinski definition) is 0. The molecule has 4 aliphatic carbocycles. The predicted molar refractivity (Wildman–Crippen MR) is 91.7 cm³/mol. The Balaban J connectivity index is 1.17. The van der Waals surface area contributed by atoms with E-state index in [1.807, 2.05) is 6.26 Å². The van der Waals surface area contributed by atoms with Crippen LogP contribution in [0.25, 0.3) is 0 Å². The Morgan fingerprint density at radius 3 is 2.24 bits per heavy atom. The monoisotopic (exact) mass is 341 g/mol. The molecule has 0 atom stereocenters. The molecule has 2 aliphatic heterocycles. The lowest BCUT2D eigenvalue weighted by atomic mass is 9.49. The van der Waals surface area contributed by atoms with Crippen LogP contribution in [0.2, 0.25) is 0 Å². The minimum atomic E-state index is 0.233. The van der Waals surface area contributed by atoms with Crippen molar-refractivity contribution in [2.75, 3.05) is 19.6 Å². The second-order valence-electron chi connectivity index (χ2n) is 9.40. The third kappa shape index (κ3) is 2.54. The van der Waals surface area contributed by atoms with E-state index in [1.54, 1.807) is 0 Å². The van der Waals surface area contributed by atoms with Crippen LogP contribution >= 0.6 is 0 Å². The lowest BCUT2D eigenvalue weighted by molar-refractivity contribution is -0.0185. The van der Waals surface area contributed by atoms with Crippen LogP contribution in [0.15, 0.2) is 16.4 Å². The summed E-state index contributed by atoms with van der Waals surface area (Å²) in [5, 5.41) is 9.12. The Morgan fingerprint density at radius 2 is 1.64 bits per heavy atom. The van der Waals surface area contributed by atoms with Gasteiger partial charge in [-0.1, -0.05) is 0 Å². The zero-order valence-electron chi connectivity index (χ0n) is 14.8. The van der Waals surface area contributed by atoms with Crippen LogP contribution in [-0.2, 0) is 10.2 Å². The van der Waals surface area contributed by atoms with Gasteiger partial charge in [0.15, 0.2) is 5.76 Å². The highest BCUT2D eigenvalue weighted by Crippen LogP contribution is 2.60. The van der Waals surface area contributed by atoms with Gasteiger partial charge < -0.3 is 9.15 Å². The minimum Gasteiger partial charge on any atom is -0.461 e. The number of piperidine rings is 1. The molecule has 0 N–H and O–H groups in total. The maximum absolute atomic E-state index is 6.36. The standard InChI is InChI=1S/C20H27N3O2/c1-3-23(11-17-12-24-17)4-2-16(1)18-21-22-19(25-18)20-8-13-5-14(9-20)7-15(6-13)10-20/h12-16H,1-11H2. The maximum Gasteiger partial charge on any atom is 0.222 e. The maximum atomic E-state index is 6.36. The first-order valence-electron chi connectivity index (χ1n) is 10.2. The number of aromatic nitrogens is 2. The van der Waals surface area contributed by atoms with Crippen molar-refractivity contribution in [1.82, 2.24) is 15.1 Å². The second kappa shape index (κ2) is 5.32. The largest absolute Gasteiger partial charge is 0.461 e.